The predicted molar refractivity (Wildman–Crippen MR) is 75.0 cm³/mol. The molecule has 0 fully saturated rings. The summed E-state index contributed by atoms with van der Waals surface area (Å²) in [6.07, 6.45) is 0. The van der Waals surface area contributed by atoms with Gasteiger partial charge in [-0.15, -0.1) is 11.3 Å². The molecule has 0 radical (unpaired) electrons. The molecule has 0 spiro atoms. The van der Waals surface area contributed by atoms with Crippen LogP contribution in [0.15, 0.2) is 33.9 Å². The van der Waals surface area contributed by atoms with E-state index in [2.05, 4.69) is 0 Å². The third-order valence-electron chi connectivity index (χ3n) is 3.28. The van der Waals surface area contributed by atoms with E-state index in [1.54, 1.807) is 38.2 Å². The van der Waals surface area contributed by atoms with Crippen LogP contribution in [0.25, 0.3) is 10.8 Å². The maximum atomic E-state index is 12.5. The van der Waals surface area contributed by atoms with Gasteiger partial charge in [-0.25, -0.2) is 0 Å². The van der Waals surface area contributed by atoms with Gasteiger partial charge in [-0.05, 0) is 6.92 Å². The third kappa shape index (κ3) is 1.51. The Morgan fingerprint density at radius 3 is 2.32 bits per heavy atom. The second-order valence-corrected chi connectivity index (χ2v) is 5.65. The van der Waals surface area contributed by atoms with E-state index in [-0.39, 0.29) is 22.1 Å². The highest BCUT2D eigenvalue weighted by Crippen LogP contribution is 2.20. The number of fused-ring (bicyclic) bond motifs is 1. The molecule has 1 aliphatic heterocycles. The maximum absolute atomic E-state index is 12.5. The largest absolute Gasteiger partial charge is 0.494 e. The van der Waals surface area contributed by atoms with E-state index in [1.807, 2.05) is 0 Å². The molecule has 1 aromatic carbocycles. The van der Waals surface area contributed by atoms with Gasteiger partial charge in [0.15, 0.2) is 0 Å². The van der Waals surface area contributed by atoms with Crippen LogP contribution in [0.5, 0.6) is 5.88 Å². The molecule has 1 aliphatic carbocycles. The van der Waals surface area contributed by atoms with E-state index in [0.29, 0.717) is 20.2 Å². The standard InChI is InChI=1S/C14H11NO3S/c1-7-14(18)15(2)10-11(16)8-5-3-4-6-9(8)12(17)13(10)19-7/h3-6,18H,1-2H3. The van der Waals surface area contributed by atoms with Gasteiger partial charge in [-0.3, -0.25) is 9.59 Å². The number of aryl methyl sites for hydroxylation is 1. The van der Waals surface area contributed by atoms with E-state index in [9.17, 15) is 14.7 Å². The molecule has 0 saturated heterocycles. The molecular weight excluding hydrogens is 262 g/mol. The number of hydrogen-bond acceptors (Lipinski definition) is 4. The number of hydrogen-bond donors (Lipinski definition) is 1. The number of aromatic hydroxyl groups is 1. The summed E-state index contributed by atoms with van der Waals surface area (Å²) in [6.45, 7) is 1.72. The average Bonchev–Trinajstić information content (AvgIpc) is 2.42. The first-order chi connectivity index (χ1) is 9.02. The van der Waals surface area contributed by atoms with Crippen LogP contribution in [0.3, 0.4) is 0 Å². The first-order valence-electron chi connectivity index (χ1n) is 5.76. The summed E-state index contributed by atoms with van der Waals surface area (Å²) >= 11 is 1.15. The van der Waals surface area contributed by atoms with Crippen molar-refractivity contribution in [2.45, 2.75) is 6.92 Å². The summed E-state index contributed by atoms with van der Waals surface area (Å²) in [4.78, 5) is 25.5. The summed E-state index contributed by atoms with van der Waals surface area (Å²) in [5.74, 6) is 0.0179. The Bertz CT molecular complexity index is 985. The Morgan fingerprint density at radius 2 is 1.68 bits per heavy atom. The lowest BCUT2D eigenvalue weighted by Gasteiger charge is -2.08. The van der Waals surface area contributed by atoms with E-state index >= 15 is 0 Å². The number of rotatable bonds is 0. The van der Waals surface area contributed by atoms with E-state index < -0.39 is 0 Å². The van der Waals surface area contributed by atoms with Gasteiger partial charge < -0.3 is 9.67 Å². The van der Waals surface area contributed by atoms with Gasteiger partial charge in [0, 0.05) is 17.8 Å². The highest BCUT2D eigenvalue weighted by molar-refractivity contribution is 7.09. The second kappa shape index (κ2) is 3.93. The van der Waals surface area contributed by atoms with Crippen molar-refractivity contribution in [3.63, 3.8) is 0 Å². The molecule has 96 valence electrons. The minimum absolute atomic E-state index is 0.0179. The smallest absolute Gasteiger partial charge is 0.211 e. The topological polar surface area (TPSA) is 59.3 Å². The van der Waals surface area contributed by atoms with Crippen molar-refractivity contribution in [3.05, 3.63) is 59.5 Å². The summed E-state index contributed by atoms with van der Waals surface area (Å²) in [6, 6.07) is 6.77. The minimum Gasteiger partial charge on any atom is -0.494 e. The molecule has 0 bridgehead atoms. The van der Waals surface area contributed by atoms with Gasteiger partial charge in [0.05, 0.1) is 4.88 Å². The maximum Gasteiger partial charge on any atom is 0.211 e. The molecular formula is C14H11NO3S. The summed E-state index contributed by atoms with van der Waals surface area (Å²) in [5.41, 5.74) is -0.381. The molecule has 3 rings (SSSR count). The zero-order valence-corrected chi connectivity index (χ0v) is 11.2. The molecule has 19 heavy (non-hydrogen) atoms. The Kier molecular flexibility index (Phi) is 2.46. The van der Waals surface area contributed by atoms with E-state index in [4.69, 9.17) is 0 Å². The summed E-state index contributed by atoms with van der Waals surface area (Å²) in [7, 11) is 1.59. The Balaban J connectivity index is 2.85. The molecule has 0 amide bonds. The van der Waals surface area contributed by atoms with Crippen molar-refractivity contribution in [2.75, 3.05) is 0 Å². The Labute approximate surface area is 111 Å². The van der Waals surface area contributed by atoms with E-state index in [1.165, 1.54) is 4.57 Å². The molecule has 2 aliphatic rings. The molecule has 0 aromatic heterocycles. The SMILES string of the molecule is Cc1sc2c(=O)c3ccccc3c(=O)c=2n(C)c1O. The van der Waals surface area contributed by atoms with Crippen molar-refractivity contribution in [2.24, 2.45) is 7.05 Å². The zero-order valence-electron chi connectivity index (χ0n) is 10.4. The normalized spacial score (nSPS) is 11.3. The molecule has 5 heteroatoms. The summed E-state index contributed by atoms with van der Waals surface area (Å²) < 4.78 is 1.78. The van der Waals surface area contributed by atoms with Crippen LogP contribution >= 0.6 is 11.3 Å². The lowest BCUT2D eigenvalue weighted by atomic mass is 10.1. The van der Waals surface area contributed by atoms with Gasteiger partial charge >= 0.3 is 0 Å². The minimum atomic E-state index is -0.223. The monoisotopic (exact) mass is 273 g/mol. The van der Waals surface area contributed by atoms with Crippen LogP contribution < -0.4 is 10.9 Å². The Hall–Kier alpha value is -2.14. The molecule has 4 nitrogen and oxygen atoms in total. The van der Waals surface area contributed by atoms with Crippen molar-refractivity contribution in [3.8, 4) is 5.88 Å². The first-order valence-corrected chi connectivity index (χ1v) is 6.58. The molecule has 0 saturated carbocycles. The lowest BCUT2D eigenvalue weighted by molar-refractivity contribution is 0.422. The van der Waals surface area contributed by atoms with Crippen molar-refractivity contribution in [1.29, 1.82) is 0 Å². The fraction of sp³-hybridized carbons (Fsp3) is 0.143. The highest BCUT2D eigenvalue weighted by atomic mass is 32.1. The predicted octanol–water partition coefficient (Wildman–Crippen LogP) is 1.70. The molecule has 1 aromatic rings. The van der Waals surface area contributed by atoms with Gasteiger partial charge in [-0.2, -0.15) is 0 Å². The number of benzene rings is 1. The fourth-order valence-electron chi connectivity index (χ4n) is 2.28. The average molecular weight is 273 g/mol. The zero-order chi connectivity index (χ0) is 13.7. The van der Waals surface area contributed by atoms with Crippen LogP contribution in [0.4, 0.5) is 0 Å². The van der Waals surface area contributed by atoms with Gasteiger partial charge in [0.25, 0.3) is 0 Å². The van der Waals surface area contributed by atoms with Crippen LogP contribution in [0.1, 0.15) is 4.88 Å². The van der Waals surface area contributed by atoms with Crippen molar-refractivity contribution < 1.29 is 5.11 Å². The molecule has 0 unspecified atom stereocenters. The fourth-order valence-corrected chi connectivity index (χ4v) is 3.34. The van der Waals surface area contributed by atoms with Crippen molar-refractivity contribution in [1.82, 2.24) is 4.57 Å². The van der Waals surface area contributed by atoms with Crippen molar-refractivity contribution >= 4 is 22.1 Å². The number of aromatic nitrogens is 1. The van der Waals surface area contributed by atoms with Crippen LogP contribution in [-0.2, 0) is 7.05 Å². The third-order valence-corrected chi connectivity index (χ3v) is 4.35. The van der Waals surface area contributed by atoms with Crippen LogP contribution in [-0.4, -0.2) is 9.67 Å². The number of nitrogens with zero attached hydrogens (tertiary/aromatic N) is 1. The molecule has 1 N–H and O–H groups in total. The van der Waals surface area contributed by atoms with Crippen LogP contribution in [0, 0.1) is 16.8 Å². The van der Waals surface area contributed by atoms with Gasteiger partial charge in [-0.1, -0.05) is 24.3 Å². The van der Waals surface area contributed by atoms with E-state index in [0.717, 1.165) is 11.3 Å². The lowest BCUT2D eigenvalue weighted by Crippen LogP contribution is -2.19. The second-order valence-electron chi connectivity index (χ2n) is 4.42. The highest BCUT2D eigenvalue weighted by Gasteiger charge is 2.12. The van der Waals surface area contributed by atoms with Crippen LogP contribution in [0.2, 0.25) is 0 Å². The molecule has 0 atom stereocenters. The summed E-state index contributed by atoms with van der Waals surface area (Å²) in [5, 5.41) is 11.0. The van der Waals surface area contributed by atoms with Gasteiger partial charge in [0.2, 0.25) is 16.7 Å². The Morgan fingerprint density at radius 1 is 1.11 bits per heavy atom. The first kappa shape index (κ1) is 11.9. The molecule has 1 heterocycles. The van der Waals surface area contributed by atoms with Gasteiger partial charge in [0.1, 0.15) is 9.88 Å². The quantitative estimate of drug-likeness (QED) is 0.678.